The number of ether oxygens (including phenoxy) is 1. The molecule has 2 fully saturated rings. The molecule has 0 spiro atoms. The standard InChI is InChI=1S/C20H28N4O4/c1-3-5-10-23-18(25)19(26)24(20(23)27)15-21-11-13-22(14-12-21)16-8-6-7-9-17(16)28-4-2/h6-9H,3-5,10-15H2,1-2H3/p+1. The van der Waals surface area contributed by atoms with Crippen LogP contribution in [0.25, 0.3) is 0 Å². The molecule has 0 atom stereocenters. The van der Waals surface area contributed by atoms with Crippen LogP contribution in [0, 0.1) is 0 Å². The summed E-state index contributed by atoms with van der Waals surface area (Å²) < 4.78 is 5.72. The van der Waals surface area contributed by atoms with Crippen molar-refractivity contribution in [1.82, 2.24) is 9.80 Å². The quantitative estimate of drug-likeness (QED) is 0.513. The summed E-state index contributed by atoms with van der Waals surface area (Å²) in [6.07, 6.45) is 1.57. The molecule has 1 aromatic carbocycles. The van der Waals surface area contributed by atoms with Gasteiger partial charge < -0.3 is 14.5 Å². The Balaban J connectivity index is 1.58. The maximum absolute atomic E-state index is 12.5. The van der Waals surface area contributed by atoms with Crippen molar-refractivity contribution in [2.75, 3.05) is 50.9 Å². The van der Waals surface area contributed by atoms with E-state index in [0.29, 0.717) is 19.6 Å². The number of carbonyl (C=O) groups is 3. The largest absolute Gasteiger partial charge is 0.492 e. The van der Waals surface area contributed by atoms with E-state index >= 15 is 0 Å². The van der Waals surface area contributed by atoms with Gasteiger partial charge in [-0.25, -0.2) is 9.69 Å². The van der Waals surface area contributed by atoms with E-state index in [1.807, 2.05) is 38.1 Å². The van der Waals surface area contributed by atoms with Gasteiger partial charge in [0.15, 0.2) is 6.67 Å². The topological polar surface area (TPSA) is 74.6 Å². The predicted molar refractivity (Wildman–Crippen MR) is 104 cm³/mol. The van der Waals surface area contributed by atoms with Crippen LogP contribution in [-0.4, -0.2) is 73.6 Å². The molecule has 0 aliphatic carbocycles. The third kappa shape index (κ3) is 4.11. The van der Waals surface area contributed by atoms with Crippen molar-refractivity contribution in [1.29, 1.82) is 0 Å². The Kier molecular flexibility index (Phi) is 6.51. The van der Waals surface area contributed by atoms with E-state index in [2.05, 4.69) is 4.90 Å². The fourth-order valence-corrected chi connectivity index (χ4v) is 3.64. The maximum Gasteiger partial charge on any atom is 0.338 e. The van der Waals surface area contributed by atoms with Crippen molar-refractivity contribution < 1.29 is 24.0 Å². The van der Waals surface area contributed by atoms with E-state index < -0.39 is 17.8 Å². The zero-order valence-electron chi connectivity index (χ0n) is 16.6. The van der Waals surface area contributed by atoms with Gasteiger partial charge in [0.05, 0.1) is 38.5 Å². The number of hydrogen-bond donors (Lipinski definition) is 1. The fraction of sp³-hybridized carbons (Fsp3) is 0.550. The summed E-state index contributed by atoms with van der Waals surface area (Å²) in [6.45, 7) is 8.27. The Morgan fingerprint density at radius 1 is 1.00 bits per heavy atom. The molecule has 1 N–H and O–H groups in total. The molecular weight excluding hydrogens is 360 g/mol. The summed E-state index contributed by atoms with van der Waals surface area (Å²) in [5, 5.41) is 0. The maximum atomic E-state index is 12.5. The van der Waals surface area contributed by atoms with Gasteiger partial charge in [-0.1, -0.05) is 25.5 Å². The molecule has 0 aromatic heterocycles. The molecule has 0 unspecified atom stereocenters. The van der Waals surface area contributed by atoms with Gasteiger partial charge in [-0.05, 0) is 25.5 Å². The van der Waals surface area contributed by atoms with E-state index in [1.165, 1.54) is 0 Å². The first-order chi connectivity index (χ1) is 13.6. The number of amides is 4. The van der Waals surface area contributed by atoms with Crippen LogP contribution in [0.1, 0.15) is 26.7 Å². The van der Waals surface area contributed by atoms with Crippen LogP contribution in [0.15, 0.2) is 24.3 Å². The highest BCUT2D eigenvalue weighted by Crippen LogP contribution is 2.27. The third-order valence-electron chi connectivity index (χ3n) is 5.23. The number of nitrogens with zero attached hydrogens (tertiary/aromatic N) is 3. The molecule has 0 saturated carbocycles. The summed E-state index contributed by atoms with van der Waals surface area (Å²) in [5.41, 5.74) is 1.07. The van der Waals surface area contributed by atoms with Gasteiger partial charge in [-0.3, -0.25) is 14.5 Å². The van der Waals surface area contributed by atoms with Gasteiger partial charge in [-0.15, -0.1) is 0 Å². The van der Waals surface area contributed by atoms with E-state index in [-0.39, 0.29) is 6.67 Å². The molecule has 8 nitrogen and oxygen atoms in total. The Labute approximate surface area is 165 Å². The zero-order valence-corrected chi connectivity index (χ0v) is 16.6. The lowest BCUT2D eigenvalue weighted by atomic mass is 10.2. The Bertz CT molecular complexity index is 731. The van der Waals surface area contributed by atoms with Crippen molar-refractivity contribution in [3.05, 3.63) is 24.3 Å². The molecule has 152 valence electrons. The number of anilines is 1. The van der Waals surface area contributed by atoms with E-state index in [1.54, 1.807) is 0 Å². The zero-order chi connectivity index (χ0) is 20.1. The van der Waals surface area contributed by atoms with Crippen LogP contribution in [0.3, 0.4) is 0 Å². The molecule has 2 aliphatic heterocycles. The Hall–Kier alpha value is -2.61. The number of para-hydroxylation sites is 2. The lowest BCUT2D eigenvalue weighted by Crippen LogP contribution is -3.16. The van der Waals surface area contributed by atoms with Gasteiger partial charge in [0.1, 0.15) is 5.75 Å². The number of piperazine rings is 1. The summed E-state index contributed by atoms with van der Waals surface area (Å²) in [5.74, 6) is -0.518. The second-order valence-electron chi connectivity index (χ2n) is 7.12. The number of unbranched alkanes of at least 4 members (excludes halogenated alkanes) is 1. The molecule has 1 aromatic rings. The summed E-state index contributed by atoms with van der Waals surface area (Å²) >= 11 is 0. The first-order valence-electron chi connectivity index (χ1n) is 10.0. The van der Waals surface area contributed by atoms with Gasteiger partial charge in [0.25, 0.3) is 0 Å². The van der Waals surface area contributed by atoms with Crippen molar-refractivity contribution in [2.45, 2.75) is 26.7 Å². The first kappa shape index (κ1) is 20.1. The number of urea groups is 1. The number of carbonyl (C=O) groups excluding carboxylic acids is 3. The van der Waals surface area contributed by atoms with Gasteiger partial charge in [0.2, 0.25) is 0 Å². The second kappa shape index (κ2) is 9.05. The van der Waals surface area contributed by atoms with E-state index in [4.69, 9.17) is 4.74 Å². The average molecular weight is 389 g/mol. The van der Waals surface area contributed by atoms with Crippen LogP contribution >= 0.6 is 0 Å². The number of rotatable bonds is 8. The monoisotopic (exact) mass is 389 g/mol. The minimum Gasteiger partial charge on any atom is -0.492 e. The number of imide groups is 2. The molecule has 3 rings (SSSR count). The average Bonchev–Trinajstić information content (AvgIpc) is 2.91. The van der Waals surface area contributed by atoms with Gasteiger partial charge >= 0.3 is 17.8 Å². The SMILES string of the molecule is CCCCN1C(=O)C(=O)N(C[NH+]2CCN(c3ccccc3OCC)CC2)C1=O. The summed E-state index contributed by atoms with van der Waals surface area (Å²) in [7, 11) is 0. The minimum absolute atomic E-state index is 0.243. The van der Waals surface area contributed by atoms with Gasteiger partial charge in [-0.2, -0.15) is 0 Å². The van der Waals surface area contributed by atoms with Crippen molar-refractivity contribution in [3.63, 3.8) is 0 Å². The highest BCUT2D eigenvalue weighted by molar-refractivity contribution is 6.44. The molecular formula is C20H29N4O4+. The third-order valence-corrected chi connectivity index (χ3v) is 5.23. The summed E-state index contributed by atoms with van der Waals surface area (Å²) in [4.78, 5) is 42.4. The number of nitrogens with one attached hydrogen (secondary N) is 1. The van der Waals surface area contributed by atoms with E-state index in [9.17, 15) is 14.4 Å². The lowest BCUT2D eigenvalue weighted by Gasteiger charge is -2.35. The number of hydrogen-bond acceptors (Lipinski definition) is 5. The van der Waals surface area contributed by atoms with Crippen LogP contribution in [0.2, 0.25) is 0 Å². The highest BCUT2D eigenvalue weighted by atomic mass is 16.5. The van der Waals surface area contributed by atoms with Crippen molar-refractivity contribution >= 4 is 23.5 Å². The van der Waals surface area contributed by atoms with E-state index in [0.717, 1.165) is 58.7 Å². The Morgan fingerprint density at radius 3 is 2.36 bits per heavy atom. The molecule has 2 aliphatic rings. The second-order valence-corrected chi connectivity index (χ2v) is 7.12. The molecule has 4 amide bonds. The normalized spacial score (nSPS) is 18.4. The van der Waals surface area contributed by atoms with Crippen LogP contribution < -0.4 is 14.5 Å². The molecule has 2 saturated heterocycles. The summed E-state index contributed by atoms with van der Waals surface area (Å²) in [6, 6.07) is 7.50. The molecule has 8 heteroatoms. The van der Waals surface area contributed by atoms with Crippen molar-refractivity contribution in [2.24, 2.45) is 0 Å². The van der Waals surface area contributed by atoms with Crippen molar-refractivity contribution in [3.8, 4) is 5.75 Å². The Morgan fingerprint density at radius 2 is 1.68 bits per heavy atom. The lowest BCUT2D eigenvalue weighted by molar-refractivity contribution is -0.907. The minimum atomic E-state index is -0.697. The van der Waals surface area contributed by atoms with Gasteiger partial charge in [0, 0.05) is 6.54 Å². The fourth-order valence-electron chi connectivity index (χ4n) is 3.64. The molecule has 0 radical (unpaired) electrons. The van der Waals surface area contributed by atoms with Crippen LogP contribution in [0.4, 0.5) is 10.5 Å². The highest BCUT2D eigenvalue weighted by Gasteiger charge is 2.45. The van der Waals surface area contributed by atoms with Crippen LogP contribution in [-0.2, 0) is 9.59 Å². The van der Waals surface area contributed by atoms with Crippen LogP contribution in [0.5, 0.6) is 5.75 Å². The molecule has 28 heavy (non-hydrogen) atoms. The molecule has 0 bridgehead atoms. The molecule has 2 heterocycles. The smallest absolute Gasteiger partial charge is 0.338 e. The predicted octanol–water partition coefficient (Wildman–Crippen LogP) is 0.339. The number of quaternary nitrogens is 1. The number of benzene rings is 1. The first-order valence-corrected chi connectivity index (χ1v) is 10.0.